The number of aromatic nitrogens is 2. The second-order valence-electron chi connectivity index (χ2n) is 6.85. The number of nitrogens with zero attached hydrogens (tertiary/aromatic N) is 3. The number of carboxylic acid groups (broad SMARTS) is 1. The Morgan fingerprint density at radius 1 is 1.28 bits per heavy atom. The monoisotopic (exact) mass is 403 g/mol. The second kappa shape index (κ2) is 9.39. The predicted octanol–water partition coefficient (Wildman–Crippen LogP) is 1.69. The zero-order chi connectivity index (χ0) is 20.8. The molecule has 1 fully saturated rings. The Bertz CT molecular complexity index is 860. The largest absolute Gasteiger partial charge is 0.478 e. The third-order valence-corrected chi connectivity index (χ3v) is 4.70. The fraction of sp³-hybridized carbons (Fsp3) is 0.421. The number of urea groups is 1. The van der Waals surface area contributed by atoms with E-state index in [1.54, 1.807) is 34.8 Å². The molecule has 1 aromatic heterocycles. The molecule has 10 heteroatoms. The average Bonchev–Trinajstić information content (AvgIpc) is 3.05. The van der Waals surface area contributed by atoms with Crippen LogP contribution in [-0.2, 0) is 18.4 Å². The van der Waals surface area contributed by atoms with Crippen LogP contribution in [0.3, 0.4) is 0 Å². The lowest BCUT2D eigenvalue weighted by Gasteiger charge is -2.29. The molecule has 29 heavy (non-hydrogen) atoms. The van der Waals surface area contributed by atoms with E-state index >= 15 is 0 Å². The zero-order valence-electron chi connectivity index (χ0n) is 16.2. The van der Waals surface area contributed by atoms with Crippen molar-refractivity contribution in [3.05, 3.63) is 41.6 Å². The van der Waals surface area contributed by atoms with E-state index in [1.807, 2.05) is 0 Å². The summed E-state index contributed by atoms with van der Waals surface area (Å²) in [5.41, 5.74) is 1.62. The number of rotatable bonds is 7. The van der Waals surface area contributed by atoms with Gasteiger partial charge in [-0.2, -0.15) is 5.10 Å². The smallest absolute Gasteiger partial charge is 0.335 e. The molecule has 1 aliphatic rings. The van der Waals surface area contributed by atoms with Gasteiger partial charge < -0.3 is 25.2 Å². The molecule has 4 N–H and O–H groups in total. The summed E-state index contributed by atoms with van der Waals surface area (Å²) in [6.07, 6.45) is 0.826. The summed E-state index contributed by atoms with van der Waals surface area (Å²) in [7, 11) is 1.76. The summed E-state index contributed by atoms with van der Waals surface area (Å²) in [6.45, 7) is 1.49. The highest BCUT2D eigenvalue weighted by Gasteiger charge is 2.22. The molecule has 1 saturated heterocycles. The highest BCUT2D eigenvalue weighted by atomic mass is 16.5. The lowest BCUT2D eigenvalue weighted by molar-refractivity contribution is 0.0696. The van der Waals surface area contributed by atoms with Gasteiger partial charge in [0.05, 0.1) is 24.0 Å². The lowest BCUT2D eigenvalue weighted by atomic mass is 10.1. The molecule has 0 unspecified atom stereocenters. The van der Waals surface area contributed by atoms with Gasteiger partial charge in [0, 0.05) is 31.9 Å². The SMILES string of the molecule is Cn1nc(NC(=O)N2CCC(O)CC2)cc1COCNc1cccc(C(=O)O)c1. The number of carbonyl (C=O) groups is 2. The quantitative estimate of drug-likeness (QED) is 0.409. The van der Waals surface area contributed by atoms with Gasteiger partial charge in [-0.3, -0.25) is 10.00 Å². The minimum atomic E-state index is -0.986. The Morgan fingerprint density at radius 2 is 2.03 bits per heavy atom. The number of aromatic carboxylic acids is 1. The molecule has 0 bridgehead atoms. The van der Waals surface area contributed by atoms with Crippen LogP contribution in [-0.4, -0.2) is 62.8 Å². The first-order valence-corrected chi connectivity index (χ1v) is 9.34. The number of aryl methyl sites for hydroxylation is 1. The van der Waals surface area contributed by atoms with Crippen molar-refractivity contribution in [2.24, 2.45) is 7.05 Å². The normalized spacial score (nSPS) is 14.6. The maximum atomic E-state index is 12.3. The molecule has 0 radical (unpaired) electrons. The number of carboxylic acids is 1. The Labute approximate surface area is 168 Å². The summed E-state index contributed by atoms with van der Waals surface area (Å²) in [5, 5.41) is 28.6. The van der Waals surface area contributed by atoms with E-state index in [2.05, 4.69) is 15.7 Å². The Kier molecular flexibility index (Phi) is 6.68. The van der Waals surface area contributed by atoms with Gasteiger partial charge in [-0.1, -0.05) is 6.07 Å². The fourth-order valence-electron chi connectivity index (χ4n) is 3.01. The van der Waals surface area contributed by atoms with Crippen molar-refractivity contribution < 1.29 is 24.5 Å². The maximum absolute atomic E-state index is 12.3. The molecule has 156 valence electrons. The van der Waals surface area contributed by atoms with Gasteiger partial charge in [-0.15, -0.1) is 0 Å². The number of hydrogen-bond acceptors (Lipinski definition) is 6. The van der Waals surface area contributed by atoms with Gasteiger partial charge in [0.2, 0.25) is 0 Å². The Morgan fingerprint density at radius 3 is 2.76 bits per heavy atom. The molecule has 0 atom stereocenters. The summed E-state index contributed by atoms with van der Waals surface area (Å²) in [4.78, 5) is 24.9. The van der Waals surface area contributed by atoms with Crippen LogP contribution in [0.5, 0.6) is 0 Å². The molecule has 2 heterocycles. The van der Waals surface area contributed by atoms with Crippen LogP contribution in [0.15, 0.2) is 30.3 Å². The topological polar surface area (TPSA) is 129 Å². The lowest BCUT2D eigenvalue weighted by Crippen LogP contribution is -2.42. The van der Waals surface area contributed by atoms with Gasteiger partial charge in [0.1, 0.15) is 6.73 Å². The van der Waals surface area contributed by atoms with Crippen LogP contribution < -0.4 is 10.6 Å². The minimum Gasteiger partial charge on any atom is -0.478 e. The zero-order valence-corrected chi connectivity index (χ0v) is 16.2. The van der Waals surface area contributed by atoms with E-state index in [4.69, 9.17) is 9.84 Å². The van der Waals surface area contributed by atoms with Crippen LogP contribution in [0, 0.1) is 0 Å². The van der Waals surface area contributed by atoms with E-state index in [9.17, 15) is 14.7 Å². The van der Waals surface area contributed by atoms with Crippen molar-refractivity contribution in [2.45, 2.75) is 25.6 Å². The first-order valence-electron chi connectivity index (χ1n) is 9.34. The summed E-state index contributed by atoms with van der Waals surface area (Å²) >= 11 is 0. The van der Waals surface area contributed by atoms with Crippen molar-refractivity contribution in [1.29, 1.82) is 0 Å². The van der Waals surface area contributed by atoms with Crippen LogP contribution >= 0.6 is 0 Å². The number of amides is 2. The molecule has 0 saturated carbocycles. The number of benzene rings is 1. The van der Waals surface area contributed by atoms with Gasteiger partial charge in [0.15, 0.2) is 5.82 Å². The predicted molar refractivity (Wildman–Crippen MR) is 106 cm³/mol. The molecule has 3 rings (SSSR count). The molecular formula is C19H25N5O5. The average molecular weight is 403 g/mol. The standard InChI is InChI=1S/C19H25N5O5/c1-23-15(11-29-12-20-14-4-2-3-13(9-14)18(26)27)10-17(22-23)21-19(28)24-7-5-16(25)6-8-24/h2-4,9-10,16,20,25H,5-8,11-12H2,1H3,(H,26,27)(H,21,22,28). The molecule has 1 aromatic carbocycles. The van der Waals surface area contributed by atoms with Crippen LogP contribution in [0.4, 0.5) is 16.3 Å². The molecule has 2 amide bonds. The summed E-state index contributed by atoms with van der Waals surface area (Å²) in [6, 6.07) is 7.97. The van der Waals surface area contributed by atoms with Crippen molar-refractivity contribution in [3.8, 4) is 0 Å². The Hall–Kier alpha value is -3.11. The van der Waals surface area contributed by atoms with Gasteiger partial charge >= 0.3 is 12.0 Å². The fourth-order valence-corrected chi connectivity index (χ4v) is 3.01. The van der Waals surface area contributed by atoms with E-state index in [1.165, 1.54) is 12.1 Å². The maximum Gasteiger partial charge on any atom is 0.335 e. The van der Waals surface area contributed by atoms with Crippen LogP contribution in [0.2, 0.25) is 0 Å². The first-order chi connectivity index (χ1) is 13.9. The molecule has 1 aliphatic heterocycles. The van der Waals surface area contributed by atoms with Gasteiger partial charge in [-0.25, -0.2) is 9.59 Å². The minimum absolute atomic E-state index is 0.187. The first kappa shape index (κ1) is 20.6. The number of nitrogens with one attached hydrogen (secondary N) is 2. The number of likely N-dealkylation sites (tertiary alicyclic amines) is 1. The number of piperidine rings is 1. The van der Waals surface area contributed by atoms with Crippen LogP contribution in [0.1, 0.15) is 28.9 Å². The van der Waals surface area contributed by atoms with Crippen molar-refractivity contribution in [3.63, 3.8) is 0 Å². The number of ether oxygens (including phenoxy) is 1. The van der Waals surface area contributed by atoms with E-state index < -0.39 is 5.97 Å². The number of hydrogen-bond donors (Lipinski definition) is 4. The third kappa shape index (κ3) is 5.69. The van der Waals surface area contributed by atoms with Crippen molar-refractivity contribution >= 4 is 23.5 Å². The number of aliphatic hydroxyl groups excluding tert-OH is 1. The third-order valence-electron chi connectivity index (χ3n) is 4.70. The molecule has 0 spiro atoms. The van der Waals surface area contributed by atoms with E-state index in [0.29, 0.717) is 37.4 Å². The molecule has 0 aliphatic carbocycles. The highest BCUT2D eigenvalue weighted by molar-refractivity contribution is 5.89. The highest BCUT2D eigenvalue weighted by Crippen LogP contribution is 2.14. The molecule has 10 nitrogen and oxygen atoms in total. The number of aliphatic hydroxyl groups is 1. The number of anilines is 2. The molecular weight excluding hydrogens is 378 g/mol. The van der Waals surface area contributed by atoms with Crippen molar-refractivity contribution in [1.82, 2.24) is 14.7 Å². The van der Waals surface area contributed by atoms with E-state index in [-0.39, 0.29) is 31.0 Å². The summed E-state index contributed by atoms with van der Waals surface area (Å²) < 4.78 is 7.21. The van der Waals surface area contributed by atoms with Crippen LogP contribution in [0.25, 0.3) is 0 Å². The van der Waals surface area contributed by atoms with Gasteiger partial charge in [0.25, 0.3) is 0 Å². The van der Waals surface area contributed by atoms with Crippen molar-refractivity contribution in [2.75, 3.05) is 30.5 Å². The molecule has 2 aromatic rings. The second-order valence-corrected chi connectivity index (χ2v) is 6.85. The van der Waals surface area contributed by atoms with E-state index in [0.717, 1.165) is 5.69 Å². The summed E-state index contributed by atoms with van der Waals surface area (Å²) in [5.74, 6) is -0.552. The number of carbonyl (C=O) groups excluding carboxylic acids is 1. The van der Waals surface area contributed by atoms with Gasteiger partial charge in [-0.05, 0) is 31.0 Å². The Balaban J connectivity index is 1.46.